The molecule has 11 heteroatoms. The number of carbonyl (C=O) groups is 3. The van der Waals surface area contributed by atoms with Crippen LogP contribution >= 0.6 is 22.6 Å². The fraction of sp³-hybridized carbons (Fsp3) is 0.219. The number of esters is 3. The predicted molar refractivity (Wildman–Crippen MR) is 162 cm³/mol. The molecule has 4 atom stereocenters. The molecule has 1 fully saturated rings. The predicted octanol–water partition coefficient (Wildman–Crippen LogP) is 4.75. The van der Waals surface area contributed by atoms with Gasteiger partial charge in [-0.25, -0.2) is 19.2 Å². The second kappa shape index (κ2) is 12.9. The molecule has 4 aromatic rings. The Labute approximate surface area is 260 Å². The van der Waals surface area contributed by atoms with Gasteiger partial charge in [-0.3, -0.25) is 4.57 Å². The van der Waals surface area contributed by atoms with Gasteiger partial charge in [0.15, 0.2) is 17.9 Å². The van der Waals surface area contributed by atoms with E-state index in [1.54, 1.807) is 97.9 Å². The highest BCUT2D eigenvalue weighted by atomic mass is 127. The first-order chi connectivity index (χ1) is 20.7. The van der Waals surface area contributed by atoms with Crippen LogP contribution in [0.3, 0.4) is 0 Å². The normalized spacial score (nSPS) is 21.1. The van der Waals surface area contributed by atoms with E-state index in [1.165, 1.54) is 17.7 Å². The van der Waals surface area contributed by atoms with Crippen molar-refractivity contribution in [3.8, 4) is 0 Å². The lowest BCUT2D eigenvalue weighted by atomic mass is 9.95. The van der Waals surface area contributed by atoms with Crippen molar-refractivity contribution in [1.29, 1.82) is 0 Å². The van der Waals surface area contributed by atoms with Crippen molar-refractivity contribution >= 4 is 40.5 Å². The lowest BCUT2D eigenvalue weighted by Gasteiger charge is -2.34. The monoisotopic (exact) mass is 694 g/mol. The van der Waals surface area contributed by atoms with Crippen molar-refractivity contribution in [3.63, 3.8) is 0 Å². The summed E-state index contributed by atoms with van der Waals surface area (Å²) in [6.07, 6.45) is -2.22. The smallest absolute Gasteiger partial charge is 0.350 e. The Balaban J connectivity index is 1.56. The lowest BCUT2D eigenvalue weighted by molar-refractivity contribution is -0.111. The van der Waals surface area contributed by atoms with E-state index < -0.39 is 47.6 Å². The minimum atomic E-state index is -1.77. The molecule has 43 heavy (non-hydrogen) atoms. The first-order valence-electron chi connectivity index (χ1n) is 13.3. The summed E-state index contributed by atoms with van der Waals surface area (Å²) in [6, 6.07) is 24.9. The zero-order valence-corrected chi connectivity index (χ0v) is 25.4. The molecule has 0 N–H and O–H groups in total. The van der Waals surface area contributed by atoms with Crippen LogP contribution in [0.2, 0.25) is 0 Å². The highest BCUT2D eigenvalue weighted by Crippen LogP contribution is 2.43. The fourth-order valence-electron chi connectivity index (χ4n) is 4.75. The van der Waals surface area contributed by atoms with E-state index in [-0.39, 0.29) is 17.7 Å². The van der Waals surface area contributed by atoms with E-state index in [0.717, 1.165) is 0 Å². The number of ether oxygens (including phenoxy) is 4. The molecule has 5 rings (SSSR count). The lowest BCUT2D eigenvalue weighted by Crippen LogP contribution is -2.51. The Morgan fingerprint density at radius 2 is 1.37 bits per heavy atom. The Morgan fingerprint density at radius 3 is 1.93 bits per heavy atom. The van der Waals surface area contributed by atoms with Gasteiger partial charge in [0.25, 0.3) is 0 Å². The van der Waals surface area contributed by atoms with Gasteiger partial charge in [0.2, 0.25) is 0 Å². The van der Waals surface area contributed by atoms with Gasteiger partial charge in [-0.2, -0.15) is 4.98 Å². The summed E-state index contributed by atoms with van der Waals surface area (Å²) in [7, 11) is 0. The van der Waals surface area contributed by atoms with Crippen molar-refractivity contribution in [1.82, 2.24) is 9.55 Å². The highest BCUT2D eigenvalue weighted by Gasteiger charge is 2.60. The first kappa shape index (κ1) is 30.1. The maximum Gasteiger partial charge on any atom is 0.350 e. The largest absolute Gasteiger partial charge is 0.459 e. The average Bonchev–Trinajstić information content (AvgIpc) is 3.28. The summed E-state index contributed by atoms with van der Waals surface area (Å²) in [5.41, 5.74) is -1.15. The topological polar surface area (TPSA) is 123 Å². The number of hydrogen-bond donors (Lipinski definition) is 0. The van der Waals surface area contributed by atoms with Gasteiger partial charge in [0.1, 0.15) is 12.7 Å². The molecule has 3 aromatic carbocycles. The number of rotatable bonds is 8. The van der Waals surface area contributed by atoms with E-state index in [0.29, 0.717) is 14.8 Å². The van der Waals surface area contributed by atoms with Crippen molar-refractivity contribution in [2.24, 2.45) is 0 Å². The standard InChI is InChI=1S/C32H27IN2O8/c1-20-24(33)18-35(31(39)34-20)30-32(2,43-29(38)23-16-10-5-11-17-23)26(42-28(37)22-14-8-4-9-15-22)25(41-30)19-40-27(36)21-12-6-3-7-13-21/h3-18,25-26,30H,19H2,1-2H3/t25-,26-,30-,32-/m1/s1. The van der Waals surface area contributed by atoms with Crippen LogP contribution in [-0.4, -0.2) is 51.9 Å². The molecule has 2 heterocycles. The molecule has 0 radical (unpaired) electrons. The molecule has 0 unspecified atom stereocenters. The second-order valence-electron chi connectivity index (χ2n) is 9.99. The van der Waals surface area contributed by atoms with Gasteiger partial charge >= 0.3 is 23.6 Å². The molecule has 10 nitrogen and oxygen atoms in total. The van der Waals surface area contributed by atoms with E-state index in [1.807, 2.05) is 22.6 Å². The molecule has 1 aromatic heterocycles. The minimum Gasteiger partial charge on any atom is -0.459 e. The maximum absolute atomic E-state index is 13.4. The van der Waals surface area contributed by atoms with Crippen LogP contribution in [0.15, 0.2) is 102 Å². The summed E-state index contributed by atoms with van der Waals surface area (Å²) in [4.78, 5) is 56.9. The van der Waals surface area contributed by atoms with Crippen molar-refractivity contribution in [3.05, 3.63) is 134 Å². The van der Waals surface area contributed by atoms with Crippen molar-refractivity contribution in [2.75, 3.05) is 6.61 Å². The Morgan fingerprint density at radius 1 is 0.860 bits per heavy atom. The van der Waals surface area contributed by atoms with E-state index in [9.17, 15) is 19.2 Å². The molecular formula is C32H27IN2O8. The summed E-state index contributed by atoms with van der Waals surface area (Å²) < 4.78 is 25.8. The molecule has 0 bridgehead atoms. The Kier molecular flexibility index (Phi) is 9.02. The number of aromatic nitrogens is 2. The van der Waals surface area contributed by atoms with Crippen LogP contribution in [0, 0.1) is 10.5 Å². The average molecular weight is 694 g/mol. The summed E-state index contributed by atoms with van der Waals surface area (Å²) in [6.45, 7) is 2.83. The third-order valence-corrected chi connectivity index (χ3v) is 8.04. The number of hydrogen-bond acceptors (Lipinski definition) is 9. The molecule has 0 aliphatic carbocycles. The van der Waals surface area contributed by atoms with E-state index in [4.69, 9.17) is 18.9 Å². The molecule has 1 saturated heterocycles. The molecule has 0 spiro atoms. The molecule has 1 aliphatic rings. The Bertz CT molecular complexity index is 1680. The quantitative estimate of drug-likeness (QED) is 0.146. The minimum absolute atomic E-state index is 0.235. The van der Waals surface area contributed by atoms with Crippen molar-refractivity contribution < 1.29 is 33.3 Å². The van der Waals surface area contributed by atoms with Gasteiger partial charge in [-0.15, -0.1) is 0 Å². The SMILES string of the molecule is Cc1nc(=O)n([C@@H]2O[C@H](COC(=O)c3ccccc3)[C@@H](OC(=O)c3ccccc3)[C@@]2(C)OC(=O)c2ccccc2)cc1I. The first-order valence-corrected chi connectivity index (χ1v) is 14.4. The molecule has 0 amide bonds. The molecule has 1 aliphatic heterocycles. The maximum atomic E-state index is 13.4. The number of benzene rings is 3. The molecule has 220 valence electrons. The van der Waals surface area contributed by atoms with Crippen LogP contribution < -0.4 is 5.69 Å². The van der Waals surface area contributed by atoms with E-state index >= 15 is 0 Å². The van der Waals surface area contributed by atoms with Gasteiger partial charge in [0, 0.05) is 6.20 Å². The van der Waals surface area contributed by atoms with Crippen LogP contribution in [-0.2, 0) is 18.9 Å². The third kappa shape index (κ3) is 6.52. The Hall–Kier alpha value is -4.36. The number of halogens is 1. The zero-order chi connectivity index (χ0) is 30.6. The summed E-state index contributed by atoms with van der Waals surface area (Å²) in [5.74, 6) is -2.09. The number of carbonyl (C=O) groups excluding carboxylic acids is 3. The van der Waals surface area contributed by atoms with Crippen molar-refractivity contribution in [2.45, 2.75) is 37.9 Å². The van der Waals surface area contributed by atoms with Crippen LogP contribution in [0.5, 0.6) is 0 Å². The van der Waals surface area contributed by atoms with Gasteiger partial charge in [0.05, 0.1) is 26.0 Å². The number of nitrogens with zero attached hydrogens (tertiary/aromatic N) is 2. The van der Waals surface area contributed by atoms with Crippen LogP contribution in [0.25, 0.3) is 0 Å². The van der Waals surface area contributed by atoms with E-state index in [2.05, 4.69) is 4.98 Å². The summed E-state index contributed by atoms with van der Waals surface area (Å²) in [5, 5.41) is 0. The second-order valence-corrected chi connectivity index (χ2v) is 11.1. The zero-order valence-electron chi connectivity index (χ0n) is 23.2. The highest BCUT2D eigenvalue weighted by molar-refractivity contribution is 14.1. The van der Waals surface area contributed by atoms with Gasteiger partial charge in [-0.05, 0) is 72.8 Å². The molecular weight excluding hydrogens is 667 g/mol. The van der Waals surface area contributed by atoms with Crippen LogP contribution in [0.1, 0.15) is 49.9 Å². The van der Waals surface area contributed by atoms with Gasteiger partial charge in [-0.1, -0.05) is 54.6 Å². The fourth-order valence-corrected chi connectivity index (χ4v) is 5.17. The third-order valence-electron chi connectivity index (χ3n) is 6.99. The van der Waals surface area contributed by atoms with Gasteiger partial charge < -0.3 is 18.9 Å². The van der Waals surface area contributed by atoms with Crippen LogP contribution in [0.4, 0.5) is 0 Å². The molecule has 0 saturated carbocycles. The summed E-state index contributed by atoms with van der Waals surface area (Å²) >= 11 is 2.03. The number of aryl methyl sites for hydroxylation is 1.